The lowest BCUT2D eigenvalue weighted by Gasteiger charge is -2.44. The summed E-state index contributed by atoms with van der Waals surface area (Å²) < 4.78 is 0. The van der Waals surface area contributed by atoms with Crippen molar-refractivity contribution in [2.45, 2.75) is 37.1 Å². The van der Waals surface area contributed by atoms with Crippen LogP contribution in [0.25, 0.3) is 0 Å². The Morgan fingerprint density at radius 2 is 2.11 bits per heavy atom. The van der Waals surface area contributed by atoms with Crippen molar-refractivity contribution in [3.05, 3.63) is 34.9 Å². The Labute approximate surface area is 125 Å². The molecule has 0 amide bonds. The molecule has 0 spiro atoms. The molecule has 0 aromatic heterocycles. The predicted octanol–water partition coefficient (Wildman–Crippen LogP) is 3.56. The van der Waals surface area contributed by atoms with E-state index in [0.717, 1.165) is 11.6 Å². The quantitative estimate of drug-likeness (QED) is 0.921. The van der Waals surface area contributed by atoms with Gasteiger partial charge in [-0.1, -0.05) is 30.7 Å². The largest absolute Gasteiger partial charge is 0.329 e. The van der Waals surface area contributed by atoms with Gasteiger partial charge in [0, 0.05) is 28.4 Å². The first kappa shape index (κ1) is 15.2. The first-order chi connectivity index (χ1) is 9.01. The maximum absolute atomic E-state index is 6.12. The standard InChI is InChI=1S/C15H23ClN2S/c1-11(13-4-6-14(16)7-5-13)18(3)15(10-17)8-9-19-12(15)2/h4-7,11-12H,8-10,17H2,1-3H3. The van der Waals surface area contributed by atoms with Crippen LogP contribution in [0, 0.1) is 0 Å². The fraction of sp³-hybridized carbons (Fsp3) is 0.600. The zero-order valence-electron chi connectivity index (χ0n) is 11.9. The average Bonchev–Trinajstić information content (AvgIpc) is 2.80. The molecular weight excluding hydrogens is 276 g/mol. The second-order valence-electron chi connectivity index (χ2n) is 5.41. The molecule has 0 saturated carbocycles. The van der Waals surface area contributed by atoms with Crippen LogP contribution >= 0.6 is 23.4 Å². The van der Waals surface area contributed by atoms with E-state index in [1.807, 2.05) is 23.9 Å². The molecule has 1 heterocycles. The third-order valence-electron chi connectivity index (χ3n) is 4.65. The summed E-state index contributed by atoms with van der Waals surface area (Å²) in [5, 5.41) is 1.37. The number of thioether (sulfide) groups is 1. The van der Waals surface area contributed by atoms with Gasteiger partial charge in [-0.2, -0.15) is 11.8 Å². The Morgan fingerprint density at radius 3 is 2.58 bits per heavy atom. The van der Waals surface area contributed by atoms with Crippen LogP contribution in [0.3, 0.4) is 0 Å². The van der Waals surface area contributed by atoms with E-state index in [2.05, 4.69) is 37.9 Å². The minimum absolute atomic E-state index is 0.115. The van der Waals surface area contributed by atoms with Crippen molar-refractivity contribution in [2.24, 2.45) is 5.73 Å². The summed E-state index contributed by atoms with van der Waals surface area (Å²) in [4.78, 5) is 2.46. The van der Waals surface area contributed by atoms with Crippen LogP contribution < -0.4 is 5.73 Å². The minimum Gasteiger partial charge on any atom is -0.329 e. The van der Waals surface area contributed by atoms with Gasteiger partial charge in [-0.15, -0.1) is 0 Å². The highest BCUT2D eigenvalue weighted by Crippen LogP contribution is 2.42. The second kappa shape index (κ2) is 6.04. The monoisotopic (exact) mass is 298 g/mol. The van der Waals surface area contributed by atoms with E-state index in [1.165, 1.54) is 17.7 Å². The van der Waals surface area contributed by atoms with Crippen molar-refractivity contribution in [1.29, 1.82) is 0 Å². The second-order valence-corrected chi connectivity index (χ2v) is 7.29. The normalized spacial score (nSPS) is 28.8. The molecule has 1 fully saturated rings. The van der Waals surface area contributed by atoms with E-state index < -0.39 is 0 Å². The van der Waals surface area contributed by atoms with Crippen LogP contribution in [-0.4, -0.2) is 35.0 Å². The van der Waals surface area contributed by atoms with Crippen LogP contribution in [0.5, 0.6) is 0 Å². The van der Waals surface area contributed by atoms with Crippen LogP contribution in [0.15, 0.2) is 24.3 Å². The molecule has 3 unspecified atom stereocenters. The number of halogens is 1. The lowest BCUT2D eigenvalue weighted by molar-refractivity contribution is 0.0879. The van der Waals surface area contributed by atoms with Gasteiger partial charge in [-0.25, -0.2) is 0 Å². The van der Waals surface area contributed by atoms with E-state index >= 15 is 0 Å². The molecule has 0 aliphatic carbocycles. The van der Waals surface area contributed by atoms with Crippen molar-refractivity contribution in [2.75, 3.05) is 19.3 Å². The number of likely N-dealkylation sites (N-methyl/N-ethyl adjacent to an activating group) is 1. The molecule has 2 N–H and O–H groups in total. The molecule has 1 aromatic carbocycles. The molecule has 1 aliphatic rings. The van der Waals surface area contributed by atoms with E-state index in [-0.39, 0.29) is 5.54 Å². The Bertz CT molecular complexity index is 423. The zero-order chi connectivity index (χ0) is 14.0. The summed E-state index contributed by atoms with van der Waals surface area (Å²) in [6.45, 7) is 5.27. The summed E-state index contributed by atoms with van der Waals surface area (Å²) >= 11 is 7.99. The zero-order valence-corrected chi connectivity index (χ0v) is 13.5. The topological polar surface area (TPSA) is 29.3 Å². The Kier molecular flexibility index (Phi) is 4.83. The highest BCUT2D eigenvalue weighted by molar-refractivity contribution is 8.00. The van der Waals surface area contributed by atoms with Gasteiger partial charge in [0.15, 0.2) is 0 Å². The van der Waals surface area contributed by atoms with Gasteiger partial charge in [0.05, 0.1) is 0 Å². The van der Waals surface area contributed by atoms with E-state index in [0.29, 0.717) is 11.3 Å². The van der Waals surface area contributed by atoms with Gasteiger partial charge in [0.2, 0.25) is 0 Å². The molecule has 19 heavy (non-hydrogen) atoms. The molecule has 1 saturated heterocycles. The highest BCUT2D eigenvalue weighted by atomic mass is 35.5. The number of rotatable bonds is 4. The third kappa shape index (κ3) is 2.80. The molecule has 1 aromatic rings. The molecule has 2 nitrogen and oxygen atoms in total. The molecular formula is C15H23ClN2S. The molecule has 2 rings (SSSR count). The Hall–Kier alpha value is -0.220. The van der Waals surface area contributed by atoms with Crippen molar-refractivity contribution in [3.8, 4) is 0 Å². The van der Waals surface area contributed by atoms with Gasteiger partial charge in [-0.05, 0) is 43.8 Å². The van der Waals surface area contributed by atoms with Gasteiger partial charge in [-0.3, -0.25) is 4.90 Å². The van der Waals surface area contributed by atoms with Crippen LogP contribution in [0.4, 0.5) is 0 Å². The van der Waals surface area contributed by atoms with Gasteiger partial charge < -0.3 is 5.73 Å². The van der Waals surface area contributed by atoms with Crippen molar-refractivity contribution >= 4 is 23.4 Å². The van der Waals surface area contributed by atoms with Crippen LogP contribution in [0.1, 0.15) is 31.9 Å². The summed E-state index contributed by atoms with van der Waals surface area (Å²) in [7, 11) is 2.20. The molecule has 106 valence electrons. The summed E-state index contributed by atoms with van der Waals surface area (Å²) in [6, 6.07) is 8.50. The number of hydrogen-bond acceptors (Lipinski definition) is 3. The summed E-state index contributed by atoms with van der Waals surface area (Å²) in [5.74, 6) is 1.20. The van der Waals surface area contributed by atoms with Crippen LogP contribution in [-0.2, 0) is 0 Å². The molecule has 1 aliphatic heterocycles. The van der Waals surface area contributed by atoms with Crippen molar-refractivity contribution < 1.29 is 0 Å². The fourth-order valence-electron chi connectivity index (χ4n) is 3.00. The number of hydrogen-bond donors (Lipinski definition) is 1. The molecule has 4 heteroatoms. The fourth-order valence-corrected chi connectivity index (χ4v) is 4.64. The number of nitrogens with zero attached hydrogens (tertiary/aromatic N) is 1. The van der Waals surface area contributed by atoms with E-state index in [1.54, 1.807) is 0 Å². The Morgan fingerprint density at radius 1 is 1.47 bits per heavy atom. The minimum atomic E-state index is 0.115. The van der Waals surface area contributed by atoms with Crippen LogP contribution in [0.2, 0.25) is 5.02 Å². The van der Waals surface area contributed by atoms with E-state index in [4.69, 9.17) is 17.3 Å². The predicted molar refractivity (Wildman–Crippen MR) is 86.0 cm³/mol. The molecule has 0 bridgehead atoms. The first-order valence-corrected chi connectivity index (χ1v) is 8.24. The van der Waals surface area contributed by atoms with Gasteiger partial charge in [0.1, 0.15) is 0 Å². The third-order valence-corrected chi connectivity index (χ3v) is 6.28. The smallest absolute Gasteiger partial charge is 0.0458 e. The van der Waals surface area contributed by atoms with Gasteiger partial charge in [0.25, 0.3) is 0 Å². The lowest BCUT2D eigenvalue weighted by atomic mass is 9.88. The maximum Gasteiger partial charge on any atom is 0.0458 e. The summed E-state index contributed by atoms with van der Waals surface area (Å²) in [5.41, 5.74) is 7.53. The summed E-state index contributed by atoms with van der Waals surface area (Å²) in [6.07, 6.45) is 1.17. The first-order valence-electron chi connectivity index (χ1n) is 6.81. The molecule has 0 radical (unpaired) electrons. The van der Waals surface area contributed by atoms with E-state index in [9.17, 15) is 0 Å². The Balaban J connectivity index is 2.22. The number of benzene rings is 1. The number of nitrogens with two attached hydrogens (primary N) is 1. The average molecular weight is 299 g/mol. The maximum atomic E-state index is 6.12. The SMILES string of the molecule is CC(c1ccc(Cl)cc1)N(C)C1(CN)CCSC1C. The lowest BCUT2D eigenvalue weighted by Crippen LogP contribution is -2.56. The molecule has 3 atom stereocenters. The highest BCUT2D eigenvalue weighted by Gasteiger charge is 2.44. The van der Waals surface area contributed by atoms with Gasteiger partial charge >= 0.3 is 0 Å². The van der Waals surface area contributed by atoms with Crippen molar-refractivity contribution in [1.82, 2.24) is 4.90 Å². The van der Waals surface area contributed by atoms with Crippen molar-refractivity contribution in [3.63, 3.8) is 0 Å².